The van der Waals surface area contributed by atoms with Gasteiger partial charge in [-0.15, -0.1) is 0 Å². The van der Waals surface area contributed by atoms with Gasteiger partial charge in [0.1, 0.15) is 5.75 Å². The van der Waals surface area contributed by atoms with E-state index in [1.807, 2.05) is 51.1 Å². The summed E-state index contributed by atoms with van der Waals surface area (Å²) in [4.78, 5) is 16.1. The molecule has 0 aliphatic heterocycles. The Morgan fingerprint density at radius 1 is 1.20 bits per heavy atom. The quantitative estimate of drug-likeness (QED) is 0.482. The third kappa shape index (κ3) is 5.60. The fraction of sp³-hybridized carbons (Fsp3) is 0.280. The fourth-order valence-corrected chi connectivity index (χ4v) is 3.45. The Kier molecular flexibility index (Phi) is 7.07. The van der Waals surface area contributed by atoms with Crippen LogP contribution in [-0.2, 0) is 9.53 Å². The van der Waals surface area contributed by atoms with Gasteiger partial charge in [-0.2, -0.15) is 0 Å². The number of benzene rings is 1. The van der Waals surface area contributed by atoms with Gasteiger partial charge in [-0.3, -0.25) is 4.79 Å². The van der Waals surface area contributed by atoms with E-state index in [9.17, 15) is 9.90 Å². The average Bonchev–Trinajstić information content (AvgIpc) is 2.71. The smallest absolute Gasteiger partial charge is 0.306 e. The van der Waals surface area contributed by atoms with Crippen molar-refractivity contribution in [2.75, 3.05) is 6.61 Å². The number of esters is 1. The Morgan fingerprint density at radius 3 is 2.63 bits per heavy atom. The molecule has 5 heteroatoms. The van der Waals surface area contributed by atoms with Crippen LogP contribution < -0.4 is 4.74 Å². The Bertz CT molecular complexity index is 995. The van der Waals surface area contributed by atoms with Crippen LogP contribution in [0, 0.1) is 13.8 Å². The molecule has 2 aromatic rings. The molecule has 0 fully saturated rings. The minimum Gasteiger partial charge on any atom is -0.508 e. The second-order valence-corrected chi connectivity index (χ2v) is 7.25. The molecule has 156 valence electrons. The van der Waals surface area contributed by atoms with Crippen LogP contribution in [0.1, 0.15) is 37.3 Å². The first kappa shape index (κ1) is 21.4. The highest BCUT2D eigenvalue weighted by atomic mass is 16.5. The van der Waals surface area contributed by atoms with E-state index >= 15 is 0 Å². The SMILES string of the molecule is CCOC(=O)CCC1=CCC(=COc2cccc(-c3c(C)cc(O)cc3C)n2)C=C1. The van der Waals surface area contributed by atoms with Crippen molar-refractivity contribution in [1.82, 2.24) is 4.98 Å². The first-order valence-electron chi connectivity index (χ1n) is 10.1. The third-order valence-electron chi connectivity index (χ3n) is 4.86. The number of nitrogens with zero attached hydrogens (tertiary/aromatic N) is 1. The number of carbonyl (C=O) groups excluding carboxylic acids is 1. The normalized spacial score (nSPS) is 14.5. The number of carbonyl (C=O) groups is 1. The van der Waals surface area contributed by atoms with Gasteiger partial charge in [0.05, 0.1) is 18.6 Å². The highest BCUT2D eigenvalue weighted by Crippen LogP contribution is 2.30. The van der Waals surface area contributed by atoms with E-state index in [0.29, 0.717) is 25.3 Å². The van der Waals surface area contributed by atoms with Crippen LogP contribution >= 0.6 is 0 Å². The lowest BCUT2D eigenvalue weighted by Crippen LogP contribution is -2.04. The van der Waals surface area contributed by atoms with Gasteiger partial charge in [0.2, 0.25) is 5.88 Å². The summed E-state index contributed by atoms with van der Waals surface area (Å²) in [5, 5.41) is 9.76. The molecule has 1 aliphatic carbocycles. The van der Waals surface area contributed by atoms with Crippen LogP contribution in [0.2, 0.25) is 0 Å². The van der Waals surface area contributed by atoms with Gasteiger partial charge in [0.15, 0.2) is 0 Å². The van der Waals surface area contributed by atoms with Crippen LogP contribution in [0.3, 0.4) is 0 Å². The maximum Gasteiger partial charge on any atom is 0.306 e. The van der Waals surface area contributed by atoms with Crippen LogP contribution in [0.5, 0.6) is 11.6 Å². The van der Waals surface area contributed by atoms with Gasteiger partial charge in [-0.05, 0) is 68.5 Å². The van der Waals surface area contributed by atoms with Crippen molar-refractivity contribution < 1.29 is 19.4 Å². The number of phenols is 1. The monoisotopic (exact) mass is 405 g/mol. The summed E-state index contributed by atoms with van der Waals surface area (Å²) in [6, 6.07) is 9.13. The predicted molar refractivity (Wildman–Crippen MR) is 117 cm³/mol. The zero-order chi connectivity index (χ0) is 21.5. The van der Waals surface area contributed by atoms with E-state index in [0.717, 1.165) is 40.0 Å². The molecule has 3 rings (SSSR count). The number of pyridine rings is 1. The van der Waals surface area contributed by atoms with Crippen LogP contribution in [0.4, 0.5) is 0 Å². The summed E-state index contributed by atoms with van der Waals surface area (Å²) in [6.07, 6.45) is 9.62. The minimum atomic E-state index is -0.165. The summed E-state index contributed by atoms with van der Waals surface area (Å²) >= 11 is 0. The molecule has 0 unspecified atom stereocenters. The third-order valence-corrected chi connectivity index (χ3v) is 4.86. The van der Waals surface area contributed by atoms with E-state index in [4.69, 9.17) is 9.47 Å². The van der Waals surface area contributed by atoms with Crippen LogP contribution in [-0.4, -0.2) is 22.7 Å². The fourth-order valence-electron chi connectivity index (χ4n) is 3.45. The standard InChI is InChI=1S/C25H27NO4/c1-4-29-24(28)13-12-19-8-10-20(11-9-19)16-30-23-7-5-6-22(26-23)25-17(2)14-21(27)15-18(25)3/h5-10,14-16,27H,4,11-13H2,1-3H3. The number of aromatic nitrogens is 1. The number of hydrogen-bond donors (Lipinski definition) is 1. The van der Waals surface area contributed by atoms with Gasteiger partial charge < -0.3 is 14.6 Å². The molecule has 1 aromatic heterocycles. The molecule has 0 spiro atoms. The molecule has 1 N–H and O–H groups in total. The average molecular weight is 405 g/mol. The van der Waals surface area contributed by atoms with Gasteiger partial charge in [0, 0.05) is 18.1 Å². The molecular weight excluding hydrogens is 378 g/mol. The maximum atomic E-state index is 11.5. The van der Waals surface area contributed by atoms with Crippen molar-refractivity contribution in [3.63, 3.8) is 0 Å². The van der Waals surface area contributed by atoms with Crippen molar-refractivity contribution in [3.05, 3.63) is 77.1 Å². The summed E-state index contributed by atoms with van der Waals surface area (Å²) in [5.74, 6) is 0.601. The van der Waals surface area contributed by atoms with Gasteiger partial charge in [0.25, 0.3) is 0 Å². The lowest BCUT2D eigenvalue weighted by molar-refractivity contribution is -0.143. The Hall–Kier alpha value is -3.34. The van der Waals surface area contributed by atoms with Crippen molar-refractivity contribution in [3.8, 4) is 22.9 Å². The number of ether oxygens (including phenoxy) is 2. The molecule has 0 bridgehead atoms. The molecule has 1 heterocycles. The number of rotatable bonds is 7. The molecule has 1 aromatic carbocycles. The number of aryl methyl sites for hydroxylation is 2. The van der Waals surface area contributed by atoms with Gasteiger partial charge >= 0.3 is 5.97 Å². The molecular formula is C25H27NO4. The summed E-state index contributed by atoms with van der Waals surface area (Å²) in [6.45, 7) is 6.14. The Balaban J connectivity index is 1.64. The van der Waals surface area contributed by atoms with Crippen molar-refractivity contribution in [2.45, 2.75) is 40.0 Å². The molecule has 5 nitrogen and oxygen atoms in total. The van der Waals surface area contributed by atoms with Gasteiger partial charge in [-0.25, -0.2) is 4.98 Å². The Morgan fingerprint density at radius 2 is 1.97 bits per heavy atom. The van der Waals surface area contributed by atoms with Crippen molar-refractivity contribution in [2.24, 2.45) is 0 Å². The predicted octanol–water partition coefficient (Wildman–Crippen LogP) is 5.56. The molecule has 0 saturated heterocycles. The number of allylic oxidation sites excluding steroid dienone is 5. The summed E-state index contributed by atoms with van der Waals surface area (Å²) < 4.78 is 10.8. The van der Waals surface area contributed by atoms with Crippen LogP contribution in [0.15, 0.2) is 66.0 Å². The largest absolute Gasteiger partial charge is 0.508 e. The number of aromatic hydroxyl groups is 1. The highest BCUT2D eigenvalue weighted by molar-refractivity contribution is 5.70. The molecule has 0 amide bonds. The molecule has 1 aliphatic rings. The summed E-state index contributed by atoms with van der Waals surface area (Å²) in [5.41, 5.74) is 5.88. The molecule has 0 saturated carbocycles. The first-order chi connectivity index (χ1) is 14.5. The minimum absolute atomic E-state index is 0.165. The summed E-state index contributed by atoms with van der Waals surface area (Å²) in [7, 11) is 0. The van der Waals surface area contributed by atoms with Crippen molar-refractivity contribution in [1.29, 1.82) is 0 Å². The first-order valence-corrected chi connectivity index (χ1v) is 10.1. The van der Waals surface area contributed by atoms with E-state index < -0.39 is 0 Å². The highest BCUT2D eigenvalue weighted by Gasteiger charge is 2.10. The second-order valence-electron chi connectivity index (χ2n) is 7.25. The number of hydrogen-bond acceptors (Lipinski definition) is 5. The van der Waals surface area contributed by atoms with E-state index in [-0.39, 0.29) is 11.7 Å². The lowest BCUT2D eigenvalue weighted by atomic mass is 9.99. The van der Waals surface area contributed by atoms with E-state index in [1.54, 1.807) is 18.4 Å². The maximum absolute atomic E-state index is 11.5. The number of phenolic OH excluding ortho intramolecular Hbond substituents is 1. The van der Waals surface area contributed by atoms with Crippen molar-refractivity contribution >= 4 is 5.97 Å². The van der Waals surface area contributed by atoms with Gasteiger partial charge in [-0.1, -0.05) is 29.9 Å². The molecule has 30 heavy (non-hydrogen) atoms. The Labute approximate surface area is 177 Å². The zero-order valence-corrected chi connectivity index (χ0v) is 17.6. The van der Waals surface area contributed by atoms with E-state index in [1.165, 1.54) is 0 Å². The second kappa shape index (κ2) is 9.92. The topological polar surface area (TPSA) is 68.7 Å². The van der Waals surface area contributed by atoms with E-state index in [2.05, 4.69) is 11.1 Å². The molecule has 0 radical (unpaired) electrons. The van der Waals surface area contributed by atoms with Crippen LogP contribution in [0.25, 0.3) is 11.3 Å². The molecule has 0 atom stereocenters. The lowest BCUT2D eigenvalue weighted by Gasteiger charge is -2.12. The zero-order valence-electron chi connectivity index (χ0n) is 17.6.